The molecule has 2 spiro atoms. The van der Waals surface area contributed by atoms with Crippen molar-refractivity contribution in [1.29, 1.82) is 0 Å². The van der Waals surface area contributed by atoms with E-state index >= 15 is 0 Å². The number of nitrogens with one attached hydrogen (secondary N) is 1. The van der Waals surface area contributed by atoms with E-state index in [4.69, 9.17) is 6.42 Å². The monoisotopic (exact) mass is 479 g/mol. The van der Waals surface area contributed by atoms with E-state index in [-0.39, 0.29) is 24.3 Å². The lowest BCUT2D eigenvalue weighted by Crippen LogP contribution is -2.65. The lowest BCUT2D eigenvalue weighted by molar-refractivity contribution is -0.134. The molecule has 35 heavy (non-hydrogen) atoms. The Morgan fingerprint density at radius 2 is 1.77 bits per heavy atom. The minimum Gasteiger partial charge on any atom is -0.324 e. The van der Waals surface area contributed by atoms with Gasteiger partial charge in [0.1, 0.15) is 4.75 Å². The molecule has 0 saturated carbocycles. The summed E-state index contributed by atoms with van der Waals surface area (Å²) in [6.45, 7) is 2.75. The summed E-state index contributed by atoms with van der Waals surface area (Å²) in [5.74, 6) is 2.13. The first-order valence-electron chi connectivity index (χ1n) is 11.7. The standard InChI is InChI=1S/C29H25N3O2S/c1-4-17-32-24-11-7-5-9-21(24)28(27(32)34)29(26(33)30-23-10-6-8-12-25(23)35-29)22(18-31(28)3)20-15-13-19(2)14-16-20/h1,5-16,22H,17-18H2,2-3H3,(H,30,33)/t22-,28+,29-/m1/s1. The number of anilines is 2. The summed E-state index contributed by atoms with van der Waals surface area (Å²) in [5, 5.41) is 3.18. The topological polar surface area (TPSA) is 52.7 Å². The van der Waals surface area contributed by atoms with Crippen LogP contribution >= 0.6 is 11.8 Å². The van der Waals surface area contributed by atoms with E-state index in [9.17, 15) is 9.59 Å². The summed E-state index contributed by atoms with van der Waals surface area (Å²) >= 11 is 1.52. The predicted molar refractivity (Wildman–Crippen MR) is 140 cm³/mol. The van der Waals surface area contributed by atoms with Crippen molar-refractivity contribution >= 4 is 35.0 Å². The zero-order chi connectivity index (χ0) is 24.4. The van der Waals surface area contributed by atoms with Crippen molar-refractivity contribution in [3.63, 3.8) is 0 Å². The van der Waals surface area contributed by atoms with Crippen molar-refractivity contribution in [2.75, 3.05) is 30.4 Å². The number of terminal acetylenes is 1. The van der Waals surface area contributed by atoms with Crippen LogP contribution in [0.25, 0.3) is 0 Å². The highest BCUT2D eigenvalue weighted by atomic mass is 32.2. The van der Waals surface area contributed by atoms with Gasteiger partial charge in [-0.2, -0.15) is 0 Å². The number of benzene rings is 3. The number of carbonyl (C=O) groups excluding carboxylic acids is 2. The number of aryl methyl sites for hydroxylation is 1. The third-order valence-electron chi connectivity index (χ3n) is 7.67. The summed E-state index contributed by atoms with van der Waals surface area (Å²) in [4.78, 5) is 33.6. The maximum Gasteiger partial charge on any atom is 0.255 e. The zero-order valence-corrected chi connectivity index (χ0v) is 20.4. The van der Waals surface area contributed by atoms with Crippen LogP contribution in [0, 0.1) is 19.3 Å². The molecule has 3 aromatic carbocycles. The Balaban J connectivity index is 1.67. The highest BCUT2D eigenvalue weighted by molar-refractivity contribution is 8.02. The van der Waals surface area contributed by atoms with Crippen molar-refractivity contribution < 1.29 is 9.59 Å². The molecule has 0 bridgehead atoms. The number of rotatable bonds is 2. The number of hydrogen-bond acceptors (Lipinski definition) is 4. The van der Waals surface area contributed by atoms with Crippen molar-refractivity contribution in [1.82, 2.24) is 4.90 Å². The summed E-state index contributed by atoms with van der Waals surface area (Å²) < 4.78 is -1.14. The van der Waals surface area contributed by atoms with Gasteiger partial charge in [0, 0.05) is 22.9 Å². The molecule has 3 aromatic rings. The van der Waals surface area contributed by atoms with Gasteiger partial charge in [-0.3, -0.25) is 19.4 Å². The predicted octanol–water partition coefficient (Wildman–Crippen LogP) is 4.38. The Kier molecular flexibility index (Phi) is 4.86. The molecule has 0 radical (unpaired) electrons. The molecule has 3 atom stereocenters. The van der Waals surface area contributed by atoms with Gasteiger partial charge in [-0.25, -0.2) is 0 Å². The van der Waals surface area contributed by atoms with E-state index in [1.165, 1.54) is 11.8 Å². The Bertz CT molecular complexity index is 1410. The molecular formula is C29H25N3O2S. The second kappa shape index (κ2) is 7.74. The maximum absolute atomic E-state index is 14.5. The number of para-hydroxylation sites is 2. The third-order valence-corrected chi connectivity index (χ3v) is 9.33. The van der Waals surface area contributed by atoms with Gasteiger partial charge in [-0.05, 0) is 37.7 Å². The molecule has 0 aliphatic carbocycles. The fourth-order valence-electron chi connectivity index (χ4n) is 6.19. The first-order valence-corrected chi connectivity index (χ1v) is 12.5. The SMILES string of the molecule is C#CCN1C(=O)[C@]2(c3ccccc31)N(C)C[C@H](c1ccc(C)cc1)[C@]21Sc2ccccc2NC1=O. The van der Waals surface area contributed by atoms with Crippen molar-refractivity contribution in [2.24, 2.45) is 0 Å². The van der Waals surface area contributed by atoms with Crippen molar-refractivity contribution in [2.45, 2.75) is 28.0 Å². The number of likely N-dealkylation sites (N-methyl/N-ethyl adjacent to an activating group) is 1. The molecule has 0 aromatic heterocycles. The molecule has 1 saturated heterocycles. The minimum absolute atomic E-state index is 0.143. The van der Waals surface area contributed by atoms with E-state index in [2.05, 4.69) is 47.3 Å². The van der Waals surface area contributed by atoms with Gasteiger partial charge >= 0.3 is 0 Å². The fourth-order valence-corrected chi connectivity index (χ4v) is 7.91. The number of amides is 2. The van der Waals surface area contributed by atoms with E-state index in [0.29, 0.717) is 6.54 Å². The summed E-state index contributed by atoms with van der Waals surface area (Å²) in [5.41, 5.74) is 3.37. The van der Waals surface area contributed by atoms with Crippen LogP contribution in [0.3, 0.4) is 0 Å². The largest absolute Gasteiger partial charge is 0.324 e. The molecule has 1 N–H and O–H groups in total. The Morgan fingerprint density at radius 1 is 1.06 bits per heavy atom. The lowest BCUT2D eigenvalue weighted by Gasteiger charge is -2.47. The van der Waals surface area contributed by atoms with E-state index in [0.717, 1.165) is 33.0 Å². The van der Waals surface area contributed by atoms with Gasteiger partial charge in [-0.1, -0.05) is 66.1 Å². The van der Waals surface area contributed by atoms with Gasteiger partial charge in [-0.15, -0.1) is 18.2 Å². The molecular weight excluding hydrogens is 454 g/mol. The first kappa shape index (κ1) is 22.0. The van der Waals surface area contributed by atoms with Crippen LogP contribution in [-0.2, 0) is 15.1 Å². The normalized spacial score (nSPS) is 27.1. The van der Waals surface area contributed by atoms with Crippen LogP contribution in [0.5, 0.6) is 0 Å². The third kappa shape index (κ3) is 2.71. The molecule has 2 amide bonds. The van der Waals surface area contributed by atoms with Crippen LogP contribution in [0.15, 0.2) is 77.7 Å². The number of nitrogens with zero attached hydrogens (tertiary/aromatic N) is 2. The van der Waals surface area contributed by atoms with Gasteiger partial charge in [0.05, 0.1) is 17.9 Å². The Morgan fingerprint density at radius 3 is 2.54 bits per heavy atom. The summed E-state index contributed by atoms with van der Waals surface area (Å²) in [6, 6.07) is 23.9. The van der Waals surface area contributed by atoms with Gasteiger partial charge < -0.3 is 5.32 Å². The Hall–Kier alpha value is -3.53. The van der Waals surface area contributed by atoms with Gasteiger partial charge in [0.2, 0.25) is 5.91 Å². The summed E-state index contributed by atoms with van der Waals surface area (Å²) in [6.07, 6.45) is 5.70. The minimum atomic E-state index is -1.21. The molecule has 6 rings (SSSR count). The molecule has 3 heterocycles. The van der Waals surface area contributed by atoms with Crippen LogP contribution in [0.1, 0.15) is 22.6 Å². The van der Waals surface area contributed by atoms with Crippen LogP contribution in [0.4, 0.5) is 11.4 Å². The second-order valence-electron chi connectivity index (χ2n) is 9.45. The number of fused-ring (bicyclic) bond motifs is 4. The molecule has 3 aliphatic heterocycles. The molecule has 6 heteroatoms. The molecule has 174 valence electrons. The van der Waals surface area contributed by atoms with Crippen LogP contribution < -0.4 is 10.2 Å². The fraction of sp³-hybridized carbons (Fsp3) is 0.241. The number of likely N-dealkylation sites (tertiary alicyclic amines) is 1. The van der Waals surface area contributed by atoms with Crippen LogP contribution in [0.2, 0.25) is 0 Å². The van der Waals surface area contributed by atoms with Crippen molar-refractivity contribution in [3.8, 4) is 12.3 Å². The molecule has 3 aliphatic rings. The number of carbonyl (C=O) groups is 2. The average molecular weight is 480 g/mol. The Labute approximate surface area is 209 Å². The highest BCUT2D eigenvalue weighted by Crippen LogP contribution is 2.66. The molecule has 1 fully saturated rings. The quantitative estimate of drug-likeness (QED) is 0.554. The number of hydrogen-bond donors (Lipinski definition) is 1. The average Bonchev–Trinajstić information content (AvgIpc) is 3.27. The van der Waals surface area contributed by atoms with E-state index < -0.39 is 10.3 Å². The second-order valence-corrected chi connectivity index (χ2v) is 10.7. The van der Waals surface area contributed by atoms with Crippen molar-refractivity contribution in [3.05, 3.63) is 89.5 Å². The van der Waals surface area contributed by atoms with E-state index in [1.807, 2.05) is 55.6 Å². The van der Waals surface area contributed by atoms with E-state index in [1.54, 1.807) is 4.90 Å². The lowest BCUT2D eigenvalue weighted by atomic mass is 9.72. The number of thioether (sulfide) groups is 1. The van der Waals surface area contributed by atoms with Gasteiger partial charge in [0.15, 0.2) is 5.54 Å². The summed E-state index contributed by atoms with van der Waals surface area (Å²) in [7, 11) is 1.96. The zero-order valence-electron chi connectivity index (χ0n) is 19.6. The molecule has 0 unspecified atom stereocenters. The highest BCUT2D eigenvalue weighted by Gasteiger charge is 2.76. The molecule has 5 nitrogen and oxygen atoms in total. The smallest absolute Gasteiger partial charge is 0.255 e. The van der Waals surface area contributed by atoms with Gasteiger partial charge in [0.25, 0.3) is 5.91 Å². The maximum atomic E-state index is 14.5. The van der Waals surface area contributed by atoms with Crippen LogP contribution in [-0.4, -0.2) is 41.6 Å². The first-order chi connectivity index (χ1) is 16.9.